The largest absolute Gasteiger partial charge is 0.384 e. The lowest BCUT2D eigenvalue weighted by Crippen LogP contribution is -2.27. The highest BCUT2D eigenvalue weighted by Gasteiger charge is 2.34. The molecule has 1 fully saturated rings. The highest BCUT2D eigenvalue weighted by Crippen LogP contribution is 2.29. The van der Waals surface area contributed by atoms with Crippen LogP contribution in [0, 0.1) is 5.92 Å². The number of hydrogen-bond acceptors (Lipinski definition) is 3. The number of nitrogens with zero attached hydrogens (tertiary/aromatic N) is 1. The standard InChI is InChI=1S/C13H19N3O/c1-7(2)10-5-9(6-12(14)15-10)13(17)16-11-4-8(11)3/h5-8,11H,4H2,1-3H3,(H2,14,15)(H,16,17). The van der Waals surface area contributed by atoms with Crippen LogP contribution < -0.4 is 11.1 Å². The molecule has 2 rings (SSSR count). The topological polar surface area (TPSA) is 68.0 Å². The minimum absolute atomic E-state index is 0.0460. The average Bonchev–Trinajstić information content (AvgIpc) is 2.93. The lowest BCUT2D eigenvalue weighted by atomic mass is 10.1. The van der Waals surface area contributed by atoms with E-state index in [4.69, 9.17) is 5.73 Å². The highest BCUT2D eigenvalue weighted by atomic mass is 16.1. The Morgan fingerprint density at radius 2 is 2.18 bits per heavy atom. The van der Waals surface area contributed by atoms with E-state index in [1.165, 1.54) is 0 Å². The fourth-order valence-electron chi connectivity index (χ4n) is 1.78. The molecule has 0 aliphatic heterocycles. The molecule has 92 valence electrons. The summed E-state index contributed by atoms with van der Waals surface area (Å²) >= 11 is 0. The van der Waals surface area contributed by atoms with Crippen molar-refractivity contribution < 1.29 is 4.79 Å². The van der Waals surface area contributed by atoms with Crippen molar-refractivity contribution in [2.24, 2.45) is 5.92 Å². The van der Waals surface area contributed by atoms with Crippen molar-refractivity contribution in [1.29, 1.82) is 0 Å². The molecule has 1 heterocycles. The first-order chi connectivity index (χ1) is 7.97. The van der Waals surface area contributed by atoms with Gasteiger partial charge in [0.15, 0.2) is 0 Å². The highest BCUT2D eigenvalue weighted by molar-refractivity contribution is 5.95. The van der Waals surface area contributed by atoms with E-state index >= 15 is 0 Å². The van der Waals surface area contributed by atoms with Crippen molar-refractivity contribution in [3.8, 4) is 0 Å². The summed E-state index contributed by atoms with van der Waals surface area (Å²) in [6, 6.07) is 3.79. The normalized spacial score (nSPS) is 22.6. The summed E-state index contributed by atoms with van der Waals surface area (Å²) in [4.78, 5) is 16.2. The SMILES string of the molecule is CC(C)c1cc(C(=O)NC2CC2C)cc(N)n1. The molecule has 1 amide bonds. The molecule has 2 unspecified atom stereocenters. The van der Waals surface area contributed by atoms with E-state index in [0.29, 0.717) is 23.3 Å². The average molecular weight is 233 g/mol. The third kappa shape index (κ3) is 2.75. The molecule has 4 nitrogen and oxygen atoms in total. The van der Waals surface area contributed by atoms with Crippen LogP contribution in [0.25, 0.3) is 0 Å². The first kappa shape index (κ1) is 11.9. The van der Waals surface area contributed by atoms with Crippen LogP contribution in [0.3, 0.4) is 0 Å². The number of carbonyl (C=O) groups excluding carboxylic acids is 1. The number of pyridine rings is 1. The van der Waals surface area contributed by atoms with Crippen molar-refractivity contribution in [3.05, 3.63) is 23.4 Å². The minimum atomic E-state index is -0.0460. The second-order valence-electron chi connectivity index (χ2n) is 5.15. The summed E-state index contributed by atoms with van der Waals surface area (Å²) in [6.07, 6.45) is 1.07. The Labute approximate surface area is 102 Å². The molecule has 1 aromatic rings. The molecule has 17 heavy (non-hydrogen) atoms. The third-order valence-corrected chi connectivity index (χ3v) is 3.14. The minimum Gasteiger partial charge on any atom is -0.384 e. The molecular weight excluding hydrogens is 214 g/mol. The number of nitrogens with one attached hydrogen (secondary N) is 1. The number of nitrogens with two attached hydrogens (primary N) is 1. The van der Waals surface area contributed by atoms with Crippen LogP contribution in [0.4, 0.5) is 5.82 Å². The van der Waals surface area contributed by atoms with E-state index in [9.17, 15) is 4.79 Å². The molecule has 1 aromatic heterocycles. The number of hydrogen-bond donors (Lipinski definition) is 2. The summed E-state index contributed by atoms with van der Waals surface area (Å²) in [5.74, 6) is 1.23. The molecule has 4 heteroatoms. The fraction of sp³-hybridized carbons (Fsp3) is 0.538. The number of aromatic nitrogens is 1. The Kier molecular flexibility index (Phi) is 3.05. The van der Waals surface area contributed by atoms with Crippen molar-refractivity contribution in [2.45, 2.75) is 39.2 Å². The molecule has 3 N–H and O–H groups in total. The third-order valence-electron chi connectivity index (χ3n) is 3.14. The molecule has 0 saturated heterocycles. The summed E-state index contributed by atoms with van der Waals surface area (Å²) in [7, 11) is 0. The van der Waals surface area contributed by atoms with Gasteiger partial charge in [0, 0.05) is 17.3 Å². The van der Waals surface area contributed by atoms with Gasteiger partial charge in [-0.05, 0) is 30.4 Å². The van der Waals surface area contributed by atoms with Crippen LogP contribution in [0.2, 0.25) is 0 Å². The van der Waals surface area contributed by atoms with Crippen molar-refractivity contribution in [2.75, 3.05) is 5.73 Å². The van der Waals surface area contributed by atoms with Gasteiger partial charge in [0.25, 0.3) is 5.91 Å². The molecule has 1 aliphatic rings. The number of anilines is 1. The van der Waals surface area contributed by atoms with Crippen molar-refractivity contribution in [3.63, 3.8) is 0 Å². The van der Waals surface area contributed by atoms with Crippen LogP contribution >= 0.6 is 0 Å². The summed E-state index contributed by atoms with van der Waals surface area (Å²) in [5, 5.41) is 2.99. The van der Waals surface area contributed by atoms with E-state index in [2.05, 4.69) is 17.2 Å². The van der Waals surface area contributed by atoms with Gasteiger partial charge in [-0.15, -0.1) is 0 Å². The zero-order valence-electron chi connectivity index (χ0n) is 10.5. The van der Waals surface area contributed by atoms with Crippen LogP contribution in [0.1, 0.15) is 49.2 Å². The molecule has 2 atom stereocenters. The number of rotatable bonds is 3. The summed E-state index contributed by atoms with van der Waals surface area (Å²) < 4.78 is 0. The first-order valence-electron chi connectivity index (χ1n) is 6.05. The second kappa shape index (κ2) is 4.35. The summed E-state index contributed by atoms with van der Waals surface area (Å²) in [6.45, 7) is 6.20. The van der Waals surface area contributed by atoms with Gasteiger partial charge < -0.3 is 11.1 Å². The van der Waals surface area contributed by atoms with Crippen LogP contribution in [-0.4, -0.2) is 16.9 Å². The predicted molar refractivity (Wildman–Crippen MR) is 67.8 cm³/mol. The van der Waals surface area contributed by atoms with E-state index in [-0.39, 0.29) is 11.8 Å². The molecule has 1 aliphatic carbocycles. The van der Waals surface area contributed by atoms with Crippen LogP contribution in [0.15, 0.2) is 12.1 Å². The van der Waals surface area contributed by atoms with Gasteiger partial charge in [0.1, 0.15) is 5.82 Å². The van der Waals surface area contributed by atoms with Gasteiger partial charge in [-0.1, -0.05) is 20.8 Å². The van der Waals surface area contributed by atoms with E-state index in [1.54, 1.807) is 6.07 Å². The Balaban J connectivity index is 2.16. The smallest absolute Gasteiger partial charge is 0.251 e. The maximum Gasteiger partial charge on any atom is 0.251 e. The van der Waals surface area contributed by atoms with Gasteiger partial charge in [0.2, 0.25) is 0 Å². The van der Waals surface area contributed by atoms with Crippen LogP contribution in [0.5, 0.6) is 0 Å². The summed E-state index contributed by atoms with van der Waals surface area (Å²) in [5.41, 5.74) is 7.19. The Morgan fingerprint density at radius 3 is 2.71 bits per heavy atom. The zero-order chi connectivity index (χ0) is 12.6. The van der Waals surface area contributed by atoms with Crippen molar-refractivity contribution >= 4 is 11.7 Å². The molecule has 1 saturated carbocycles. The van der Waals surface area contributed by atoms with Gasteiger partial charge >= 0.3 is 0 Å². The molecular formula is C13H19N3O. The van der Waals surface area contributed by atoms with E-state index in [0.717, 1.165) is 12.1 Å². The number of carbonyl (C=O) groups is 1. The second-order valence-corrected chi connectivity index (χ2v) is 5.15. The molecule has 0 radical (unpaired) electrons. The monoisotopic (exact) mass is 233 g/mol. The zero-order valence-corrected chi connectivity index (χ0v) is 10.5. The maximum absolute atomic E-state index is 12.0. The quantitative estimate of drug-likeness (QED) is 0.838. The molecule has 0 aromatic carbocycles. The van der Waals surface area contributed by atoms with Gasteiger partial charge in [0.05, 0.1) is 0 Å². The maximum atomic E-state index is 12.0. The Morgan fingerprint density at radius 1 is 1.53 bits per heavy atom. The van der Waals surface area contributed by atoms with Gasteiger partial charge in [-0.25, -0.2) is 4.98 Å². The van der Waals surface area contributed by atoms with Crippen molar-refractivity contribution in [1.82, 2.24) is 10.3 Å². The number of amides is 1. The first-order valence-corrected chi connectivity index (χ1v) is 6.05. The van der Waals surface area contributed by atoms with E-state index in [1.807, 2.05) is 19.9 Å². The predicted octanol–water partition coefficient (Wildman–Crippen LogP) is 1.93. The molecule has 0 spiro atoms. The number of nitrogen functional groups attached to an aromatic ring is 1. The Bertz CT molecular complexity index is 442. The van der Waals surface area contributed by atoms with E-state index < -0.39 is 0 Å². The van der Waals surface area contributed by atoms with Crippen LogP contribution in [-0.2, 0) is 0 Å². The van der Waals surface area contributed by atoms with Gasteiger partial charge in [-0.2, -0.15) is 0 Å². The lowest BCUT2D eigenvalue weighted by Gasteiger charge is -2.09. The molecule has 0 bridgehead atoms. The lowest BCUT2D eigenvalue weighted by molar-refractivity contribution is 0.0949. The van der Waals surface area contributed by atoms with Gasteiger partial charge in [-0.3, -0.25) is 4.79 Å². The fourth-order valence-corrected chi connectivity index (χ4v) is 1.78. The Hall–Kier alpha value is -1.58.